The number of rotatable bonds is 58. The molecule has 1 saturated heterocycles. The SMILES string of the molecule is CC/C=C\C/C=C\C/C=C\C/C=C\CCCCCCC(=O)OC1C(OCC(COC(=O)CCCCCCCCCCC/C=C\CCCCCCCC)OC(=O)CCCCCCCCC/C=C\CCCCCCCC)OC(C(=O)O)C(O)C1O. The predicted octanol–water partition coefficient (Wildman–Crippen LogP) is 18.5. The molecule has 0 bridgehead atoms. The van der Waals surface area contributed by atoms with Crippen molar-refractivity contribution in [2.24, 2.45) is 0 Å². The first-order chi connectivity index (χ1) is 40.6. The minimum Gasteiger partial charge on any atom is -0.479 e. The standard InChI is InChI=1S/C71H122O12/c1-4-7-10-13-16-19-22-25-28-31-32-35-36-39-42-45-48-51-54-57-63(72)79-60-62(81-64(73)58-55-52-49-46-43-40-37-33-29-26-23-20-17-14-11-8-5-2)61-80-71-69(67(76)66(75)68(83-71)70(77)78)82-65(74)59-56-53-50-47-44-41-38-34-30-27-24-21-18-15-12-9-6-3/h9,12,18,21,25-30,38,41,62,66-69,71,75-76H,4-8,10-11,13-17,19-20,22-24,31-37,39-40,42-61H2,1-3H3,(H,77,78)/b12-9-,21-18-,28-25-,29-26-,30-27-,41-38-. The molecule has 12 heteroatoms. The number of carbonyl (C=O) groups is 4. The zero-order chi connectivity index (χ0) is 60.3. The summed E-state index contributed by atoms with van der Waals surface area (Å²) in [5.41, 5.74) is 0. The van der Waals surface area contributed by atoms with Crippen molar-refractivity contribution >= 4 is 23.9 Å². The van der Waals surface area contributed by atoms with Crippen molar-refractivity contribution in [1.82, 2.24) is 0 Å². The molecule has 3 N–H and O–H groups in total. The van der Waals surface area contributed by atoms with Crippen LogP contribution in [-0.4, -0.2) is 89.2 Å². The molecule has 0 aromatic carbocycles. The Hall–Kier alpha value is -3.84. The molecule has 0 aromatic heterocycles. The lowest BCUT2D eigenvalue weighted by atomic mass is 9.98. The molecule has 1 aliphatic heterocycles. The zero-order valence-electron chi connectivity index (χ0n) is 52.9. The lowest BCUT2D eigenvalue weighted by molar-refractivity contribution is -0.301. The Morgan fingerprint density at radius 1 is 0.410 bits per heavy atom. The third kappa shape index (κ3) is 48.0. The average Bonchev–Trinajstić information content (AvgIpc) is 3.55. The number of aliphatic carboxylic acids is 1. The molecule has 478 valence electrons. The summed E-state index contributed by atoms with van der Waals surface area (Å²) in [6.45, 7) is 5.90. The van der Waals surface area contributed by atoms with Crippen molar-refractivity contribution in [2.75, 3.05) is 13.2 Å². The minimum absolute atomic E-state index is 0.0310. The molecule has 0 radical (unpaired) electrons. The summed E-state index contributed by atoms with van der Waals surface area (Å²) >= 11 is 0. The number of aliphatic hydroxyl groups excluding tert-OH is 2. The van der Waals surface area contributed by atoms with Gasteiger partial charge in [-0.05, 0) is 109 Å². The fourth-order valence-corrected chi connectivity index (χ4v) is 10.1. The normalized spacial score (nSPS) is 18.0. The second kappa shape index (κ2) is 58.5. The topological polar surface area (TPSA) is 175 Å². The lowest BCUT2D eigenvalue weighted by Gasteiger charge is -2.40. The number of unbranched alkanes of at least 4 members (excludes halogenated alkanes) is 32. The van der Waals surface area contributed by atoms with E-state index in [1.54, 1.807) is 0 Å². The fraction of sp³-hybridized carbons (Fsp3) is 0.775. The van der Waals surface area contributed by atoms with Crippen LogP contribution in [-0.2, 0) is 42.9 Å². The average molecular weight is 1170 g/mol. The van der Waals surface area contributed by atoms with E-state index in [0.717, 1.165) is 103 Å². The van der Waals surface area contributed by atoms with Crippen molar-refractivity contribution in [3.05, 3.63) is 72.9 Å². The Morgan fingerprint density at radius 2 is 0.759 bits per heavy atom. The summed E-state index contributed by atoms with van der Waals surface area (Å²) in [5.74, 6) is -3.14. The van der Waals surface area contributed by atoms with Crippen LogP contribution < -0.4 is 0 Å². The van der Waals surface area contributed by atoms with Gasteiger partial charge in [0.1, 0.15) is 18.8 Å². The van der Waals surface area contributed by atoms with Gasteiger partial charge in [0.05, 0.1) is 6.61 Å². The quantitative estimate of drug-likeness (QED) is 0.0228. The maximum atomic E-state index is 13.2. The van der Waals surface area contributed by atoms with Crippen molar-refractivity contribution in [2.45, 2.75) is 340 Å². The number of allylic oxidation sites excluding steroid dienone is 12. The summed E-state index contributed by atoms with van der Waals surface area (Å²) in [4.78, 5) is 51.4. The molecule has 1 aliphatic rings. The van der Waals surface area contributed by atoms with Gasteiger partial charge in [0, 0.05) is 19.3 Å². The van der Waals surface area contributed by atoms with Gasteiger partial charge in [-0.1, -0.05) is 248 Å². The number of ether oxygens (including phenoxy) is 5. The molecule has 0 aliphatic carbocycles. The van der Waals surface area contributed by atoms with Crippen molar-refractivity contribution in [3.63, 3.8) is 0 Å². The number of carboxylic acid groups (broad SMARTS) is 1. The molecular formula is C71H122O12. The first-order valence-electron chi connectivity index (χ1n) is 33.9. The highest BCUT2D eigenvalue weighted by Gasteiger charge is 2.50. The Balaban J connectivity index is 2.66. The molecule has 6 atom stereocenters. The van der Waals surface area contributed by atoms with E-state index in [1.165, 1.54) is 141 Å². The van der Waals surface area contributed by atoms with Gasteiger partial charge >= 0.3 is 23.9 Å². The fourth-order valence-electron chi connectivity index (χ4n) is 10.1. The van der Waals surface area contributed by atoms with Gasteiger partial charge in [0.2, 0.25) is 0 Å². The van der Waals surface area contributed by atoms with Crippen molar-refractivity contribution in [3.8, 4) is 0 Å². The van der Waals surface area contributed by atoms with Crippen LogP contribution in [0, 0.1) is 0 Å². The molecule has 1 rings (SSSR count). The van der Waals surface area contributed by atoms with Crippen LogP contribution in [0.2, 0.25) is 0 Å². The first-order valence-corrected chi connectivity index (χ1v) is 33.9. The Bertz CT molecular complexity index is 1720. The van der Waals surface area contributed by atoms with Crippen molar-refractivity contribution < 1.29 is 58.2 Å². The van der Waals surface area contributed by atoms with Crippen molar-refractivity contribution in [1.29, 1.82) is 0 Å². The molecule has 0 saturated carbocycles. The first kappa shape index (κ1) is 77.2. The van der Waals surface area contributed by atoms with E-state index in [9.17, 15) is 34.5 Å². The smallest absolute Gasteiger partial charge is 0.335 e. The van der Waals surface area contributed by atoms with E-state index in [2.05, 4.69) is 93.7 Å². The molecule has 83 heavy (non-hydrogen) atoms. The number of aliphatic hydroxyl groups is 2. The van der Waals surface area contributed by atoms with Crippen LogP contribution in [0.5, 0.6) is 0 Å². The van der Waals surface area contributed by atoms with Gasteiger partial charge in [-0.2, -0.15) is 0 Å². The molecule has 12 nitrogen and oxygen atoms in total. The second-order valence-corrected chi connectivity index (χ2v) is 23.1. The maximum absolute atomic E-state index is 13.2. The largest absolute Gasteiger partial charge is 0.479 e. The zero-order valence-corrected chi connectivity index (χ0v) is 52.9. The molecule has 6 unspecified atom stereocenters. The summed E-state index contributed by atoms with van der Waals surface area (Å²) in [6, 6.07) is 0. The van der Waals surface area contributed by atoms with Gasteiger partial charge in [0.25, 0.3) is 0 Å². The third-order valence-electron chi connectivity index (χ3n) is 15.2. The monoisotopic (exact) mass is 1170 g/mol. The molecule has 0 aromatic rings. The minimum atomic E-state index is -1.92. The summed E-state index contributed by atoms with van der Waals surface area (Å²) in [5, 5.41) is 31.6. The molecule has 0 spiro atoms. The van der Waals surface area contributed by atoms with Crippen LogP contribution in [0.1, 0.15) is 303 Å². The van der Waals surface area contributed by atoms with E-state index < -0.39 is 67.3 Å². The highest BCUT2D eigenvalue weighted by molar-refractivity contribution is 5.74. The number of carboxylic acids is 1. The van der Waals surface area contributed by atoms with E-state index in [1.807, 2.05) is 0 Å². The molecule has 0 amide bonds. The van der Waals surface area contributed by atoms with Gasteiger partial charge in [0.15, 0.2) is 24.6 Å². The third-order valence-corrected chi connectivity index (χ3v) is 15.2. The van der Waals surface area contributed by atoms with E-state index in [4.69, 9.17) is 23.7 Å². The van der Waals surface area contributed by atoms with E-state index in [-0.39, 0.29) is 25.9 Å². The van der Waals surface area contributed by atoms with Crippen LogP contribution in [0.15, 0.2) is 72.9 Å². The Morgan fingerprint density at radius 3 is 1.17 bits per heavy atom. The molecular weight excluding hydrogens is 1040 g/mol. The Labute approximate surface area is 506 Å². The molecule has 1 fully saturated rings. The highest BCUT2D eigenvalue weighted by atomic mass is 16.7. The summed E-state index contributed by atoms with van der Waals surface area (Å²) < 4.78 is 28.6. The van der Waals surface area contributed by atoms with Crippen LogP contribution in [0.3, 0.4) is 0 Å². The predicted molar refractivity (Wildman–Crippen MR) is 340 cm³/mol. The van der Waals surface area contributed by atoms with E-state index in [0.29, 0.717) is 19.3 Å². The van der Waals surface area contributed by atoms with Crippen LogP contribution in [0.4, 0.5) is 0 Å². The summed E-state index contributed by atoms with van der Waals surface area (Å²) in [7, 11) is 0. The van der Waals surface area contributed by atoms with Gasteiger partial charge in [-0.3, -0.25) is 14.4 Å². The van der Waals surface area contributed by atoms with E-state index >= 15 is 0 Å². The maximum Gasteiger partial charge on any atom is 0.335 e. The van der Waals surface area contributed by atoms with Crippen LogP contribution in [0.25, 0.3) is 0 Å². The number of hydrogen-bond donors (Lipinski definition) is 3. The van der Waals surface area contributed by atoms with Crippen LogP contribution >= 0.6 is 0 Å². The number of carbonyl (C=O) groups excluding carboxylic acids is 3. The Kier molecular flexibility index (Phi) is 54.4. The lowest BCUT2D eigenvalue weighted by Crippen LogP contribution is -2.61. The van der Waals surface area contributed by atoms with Gasteiger partial charge in [-0.15, -0.1) is 0 Å². The van der Waals surface area contributed by atoms with Gasteiger partial charge < -0.3 is 39.0 Å². The highest BCUT2D eigenvalue weighted by Crippen LogP contribution is 2.27. The van der Waals surface area contributed by atoms with Gasteiger partial charge in [-0.25, -0.2) is 4.79 Å². The summed E-state index contributed by atoms with van der Waals surface area (Å²) in [6.07, 6.45) is 62.8. The second-order valence-electron chi connectivity index (χ2n) is 23.1. The number of hydrogen-bond acceptors (Lipinski definition) is 11. The number of esters is 3. The molecule has 1 heterocycles.